The summed E-state index contributed by atoms with van der Waals surface area (Å²) in [6.45, 7) is 4.86. The zero-order valence-corrected chi connectivity index (χ0v) is 9.95. The molecule has 1 aliphatic rings. The first-order chi connectivity index (χ1) is 7.68. The number of Topliss-reactive ketones (excluding diaryl/α,β-unsaturated/α-hetero) is 1. The van der Waals surface area contributed by atoms with Gasteiger partial charge in [0, 0.05) is 6.42 Å². The van der Waals surface area contributed by atoms with Gasteiger partial charge >= 0.3 is 0 Å². The van der Waals surface area contributed by atoms with Gasteiger partial charge < -0.3 is 4.74 Å². The van der Waals surface area contributed by atoms with Crippen molar-refractivity contribution in [3.63, 3.8) is 0 Å². The Bertz CT molecular complexity index is 394. The van der Waals surface area contributed by atoms with Crippen LogP contribution < -0.4 is 4.74 Å². The Labute approximate surface area is 96.6 Å². The molecule has 0 radical (unpaired) electrons. The highest BCUT2D eigenvalue weighted by molar-refractivity contribution is 5.99. The molecule has 0 amide bonds. The van der Waals surface area contributed by atoms with E-state index in [9.17, 15) is 4.79 Å². The second kappa shape index (κ2) is 4.69. The summed E-state index contributed by atoms with van der Waals surface area (Å²) >= 11 is 0. The van der Waals surface area contributed by atoms with Crippen molar-refractivity contribution in [1.29, 1.82) is 0 Å². The summed E-state index contributed by atoms with van der Waals surface area (Å²) in [5.74, 6) is 1.43. The monoisotopic (exact) mass is 218 g/mol. The summed E-state index contributed by atoms with van der Waals surface area (Å²) in [4.78, 5) is 12.0. The highest BCUT2D eigenvalue weighted by Crippen LogP contribution is 2.30. The first kappa shape index (κ1) is 11.2. The highest BCUT2D eigenvalue weighted by atomic mass is 16.5. The number of hydrogen-bond acceptors (Lipinski definition) is 2. The zero-order valence-electron chi connectivity index (χ0n) is 9.95. The van der Waals surface area contributed by atoms with Crippen molar-refractivity contribution in [2.75, 3.05) is 6.61 Å². The SMILES string of the molecule is CC(C)CC(=O)c1cccc2c1OCCC2. The minimum atomic E-state index is 0.203. The van der Waals surface area contributed by atoms with Crippen LogP contribution in [0.5, 0.6) is 5.75 Å². The van der Waals surface area contributed by atoms with Gasteiger partial charge in [-0.1, -0.05) is 26.0 Å². The van der Waals surface area contributed by atoms with Crippen molar-refractivity contribution >= 4 is 5.78 Å². The summed E-state index contributed by atoms with van der Waals surface area (Å²) in [6, 6.07) is 5.90. The van der Waals surface area contributed by atoms with Crippen LogP contribution in [0.4, 0.5) is 0 Å². The van der Waals surface area contributed by atoms with Crippen LogP contribution in [-0.2, 0) is 6.42 Å². The van der Waals surface area contributed by atoms with Gasteiger partial charge in [-0.15, -0.1) is 0 Å². The van der Waals surface area contributed by atoms with Crippen molar-refractivity contribution < 1.29 is 9.53 Å². The predicted octanol–water partition coefficient (Wildman–Crippen LogP) is 3.24. The molecule has 2 nitrogen and oxygen atoms in total. The summed E-state index contributed by atoms with van der Waals surface area (Å²) in [6.07, 6.45) is 2.67. The van der Waals surface area contributed by atoms with E-state index in [4.69, 9.17) is 4.74 Å². The molecule has 16 heavy (non-hydrogen) atoms. The molecule has 0 fully saturated rings. The Hall–Kier alpha value is -1.31. The molecule has 0 N–H and O–H groups in total. The number of benzene rings is 1. The van der Waals surface area contributed by atoms with Crippen LogP contribution in [-0.4, -0.2) is 12.4 Å². The molecule has 0 unspecified atom stereocenters. The topological polar surface area (TPSA) is 26.3 Å². The number of hydrogen-bond donors (Lipinski definition) is 0. The summed E-state index contributed by atoms with van der Waals surface area (Å²) in [7, 11) is 0. The molecule has 0 aliphatic carbocycles. The number of carbonyl (C=O) groups is 1. The fourth-order valence-electron chi connectivity index (χ4n) is 2.09. The quantitative estimate of drug-likeness (QED) is 0.728. The van der Waals surface area contributed by atoms with E-state index in [-0.39, 0.29) is 5.78 Å². The molecule has 1 aromatic carbocycles. The Balaban J connectivity index is 2.30. The maximum Gasteiger partial charge on any atom is 0.166 e. The average Bonchev–Trinajstić information content (AvgIpc) is 2.27. The lowest BCUT2D eigenvalue weighted by Crippen LogP contribution is -2.13. The Morgan fingerprint density at radius 2 is 2.25 bits per heavy atom. The maximum absolute atomic E-state index is 12.0. The van der Waals surface area contributed by atoms with E-state index in [0.29, 0.717) is 12.3 Å². The Kier molecular flexibility index (Phi) is 3.28. The van der Waals surface area contributed by atoms with Gasteiger partial charge in [0.1, 0.15) is 5.75 Å². The second-order valence-electron chi connectivity index (χ2n) is 4.77. The van der Waals surface area contributed by atoms with Crippen molar-refractivity contribution in [2.45, 2.75) is 33.1 Å². The Morgan fingerprint density at radius 1 is 1.44 bits per heavy atom. The standard InChI is InChI=1S/C14H18O2/c1-10(2)9-13(15)12-7-3-5-11-6-4-8-16-14(11)12/h3,5,7,10H,4,6,8-9H2,1-2H3. The van der Waals surface area contributed by atoms with Crippen LogP contribution in [0.15, 0.2) is 18.2 Å². The lowest BCUT2D eigenvalue weighted by Gasteiger charge is -2.20. The third-order valence-electron chi connectivity index (χ3n) is 2.83. The molecule has 0 atom stereocenters. The number of carbonyl (C=O) groups excluding carboxylic acids is 1. The van der Waals surface area contributed by atoms with Crippen LogP contribution in [0.2, 0.25) is 0 Å². The number of ketones is 1. The van der Waals surface area contributed by atoms with Crippen molar-refractivity contribution in [1.82, 2.24) is 0 Å². The zero-order chi connectivity index (χ0) is 11.5. The highest BCUT2D eigenvalue weighted by Gasteiger charge is 2.19. The van der Waals surface area contributed by atoms with E-state index in [1.54, 1.807) is 0 Å². The Morgan fingerprint density at radius 3 is 3.00 bits per heavy atom. The van der Waals surface area contributed by atoms with Gasteiger partial charge in [-0.05, 0) is 30.4 Å². The lowest BCUT2D eigenvalue weighted by molar-refractivity contribution is 0.0963. The first-order valence-corrected chi connectivity index (χ1v) is 5.96. The van der Waals surface area contributed by atoms with Gasteiger partial charge in [-0.2, -0.15) is 0 Å². The van der Waals surface area contributed by atoms with E-state index in [2.05, 4.69) is 19.9 Å². The number of ether oxygens (including phenoxy) is 1. The molecule has 2 rings (SSSR count). The molecule has 0 saturated carbocycles. The second-order valence-corrected chi connectivity index (χ2v) is 4.77. The molecule has 0 spiro atoms. The van der Waals surface area contributed by atoms with Gasteiger partial charge in [0.25, 0.3) is 0 Å². The third-order valence-corrected chi connectivity index (χ3v) is 2.83. The van der Waals surface area contributed by atoms with Crippen LogP contribution >= 0.6 is 0 Å². The summed E-state index contributed by atoms with van der Waals surface area (Å²) < 4.78 is 5.64. The van der Waals surface area contributed by atoms with Gasteiger partial charge in [0.2, 0.25) is 0 Å². The van der Waals surface area contributed by atoms with Crippen molar-refractivity contribution in [3.8, 4) is 5.75 Å². The first-order valence-electron chi connectivity index (χ1n) is 5.96. The van der Waals surface area contributed by atoms with E-state index in [0.717, 1.165) is 30.8 Å². The average molecular weight is 218 g/mol. The van der Waals surface area contributed by atoms with E-state index in [1.165, 1.54) is 5.56 Å². The van der Waals surface area contributed by atoms with Crippen LogP contribution in [0, 0.1) is 5.92 Å². The fraction of sp³-hybridized carbons (Fsp3) is 0.500. The summed E-state index contributed by atoms with van der Waals surface area (Å²) in [5, 5.41) is 0. The number of aryl methyl sites for hydroxylation is 1. The van der Waals surface area contributed by atoms with Crippen LogP contribution in [0.1, 0.15) is 42.6 Å². The molecule has 1 aromatic rings. The van der Waals surface area contributed by atoms with E-state index < -0.39 is 0 Å². The molecule has 0 aromatic heterocycles. The van der Waals surface area contributed by atoms with Crippen molar-refractivity contribution in [3.05, 3.63) is 29.3 Å². The molecule has 1 heterocycles. The molecular weight excluding hydrogens is 200 g/mol. The minimum absolute atomic E-state index is 0.203. The van der Waals surface area contributed by atoms with Crippen LogP contribution in [0.25, 0.3) is 0 Å². The van der Waals surface area contributed by atoms with Gasteiger partial charge in [-0.3, -0.25) is 4.79 Å². The molecule has 0 bridgehead atoms. The fourth-order valence-corrected chi connectivity index (χ4v) is 2.09. The predicted molar refractivity (Wildman–Crippen MR) is 64.0 cm³/mol. The van der Waals surface area contributed by atoms with Crippen molar-refractivity contribution in [2.24, 2.45) is 5.92 Å². The minimum Gasteiger partial charge on any atom is -0.493 e. The molecular formula is C14H18O2. The van der Waals surface area contributed by atoms with Crippen LogP contribution in [0.3, 0.4) is 0 Å². The largest absolute Gasteiger partial charge is 0.493 e. The molecule has 1 aliphatic heterocycles. The molecule has 0 saturated heterocycles. The van der Waals surface area contributed by atoms with Gasteiger partial charge in [0.15, 0.2) is 5.78 Å². The number of fused-ring (bicyclic) bond motifs is 1. The van der Waals surface area contributed by atoms with E-state index in [1.807, 2.05) is 12.1 Å². The lowest BCUT2D eigenvalue weighted by atomic mass is 9.96. The normalized spacial score (nSPS) is 14.4. The summed E-state index contributed by atoms with van der Waals surface area (Å²) in [5.41, 5.74) is 1.95. The van der Waals surface area contributed by atoms with Gasteiger partial charge in [-0.25, -0.2) is 0 Å². The maximum atomic E-state index is 12.0. The number of rotatable bonds is 3. The molecule has 86 valence electrons. The third kappa shape index (κ3) is 2.26. The number of para-hydroxylation sites is 1. The van der Waals surface area contributed by atoms with E-state index >= 15 is 0 Å². The smallest absolute Gasteiger partial charge is 0.166 e. The van der Waals surface area contributed by atoms with Gasteiger partial charge in [0.05, 0.1) is 12.2 Å². The molecule has 2 heteroatoms.